The van der Waals surface area contributed by atoms with Crippen molar-refractivity contribution in [3.05, 3.63) is 51.6 Å². The second kappa shape index (κ2) is 12.6. The number of nitrogens with zero attached hydrogens (tertiary/aromatic N) is 4. The molecule has 4 atom stereocenters. The largest absolute Gasteiger partial charge is 0.477 e. The third kappa shape index (κ3) is 6.51. The van der Waals surface area contributed by atoms with Gasteiger partial charge in [0, 0.05) is 33.5 Å². The van der Waals surface area contributed by atoms with E-state index in [1.54, 1.807) is 6.92 Å². The SMILES string of the molecule is CCn1cc(C(=O)O)c(=O)c2cc(F)c(-n3cc(CO[C@H]4OC[C@@H](OC(C)=O)[C@H](OC(C)=O)[C@H]4OC(C)=O)nn3)c(F)c21. The number of carboxylic acid groups (broad SMARTS) is 1. The lowest BCUT2D eigenvalue weighted by Crippen LogP contribution is -2.58. The molecule has 15 nitrogen and oxygen atoms in total. The molecule has 1 aromatic carbocycles. The van der Waals surface area contributed by atoms with Gasteiger partial charge in [-0.15, -0.1) is 5.10 Å². The Labute approximate surface area is 240 Å². The number of aromatic carboxylic acids is 1. The molecule has 0 radical (unpaired) electrons. The molecular formula is C26H26F2N4O11. The van der Waals surface area contributed by atoms with Gasteiger partial charge >= 0.3 is 23.9 Å². The second-order valence-corrected chi connectivity index (χ2v) is 9.34. The maximum atomic E-state index is 15.7. The molecule has 1 fully saturated rings. The number of fused-ring (bicyclic) bond motifs is 1. The van der Waals surface area contributed by atoms with E-state index in [9.17, 15) is 29.1 Å². The maximum Gasteiger partial charge on any atom is 0.341 e. The van der Waals surface area contributed by atoms with E-state index < -0.39 is 88.8 Å². The van der Waals surface area contributed by atoms with E-state index in [1.165, 1.54) is 0 Å². The van der Waals surface area contributed by atoms with Crippen molar-refractivity contribution in [2.45, 2.75) is 65.4 Å². The number of hydrogen-bond acceptors (Lipinski definition) is 12. The van der Waals surface area contributed by atoms with Crippen LogP contribution in [0.1, 0.15) is 43.7 Å². The number of carbonyl (C=O) groups excluding carboxylic acids is 3. The van der Waals surface area contributed by atoms with E-state index in [0.717, 1.165) is 48.5 Å². The van der Waals surface area contributed by atoms with Crippen LogP contribution in [0.5, 0.6) is 0 Å². The van der Waals surface area contributed by atoms with E-state index in [1.807, 2.05) is 0 Å². The van der Waals surface area contributed by atoms with Gasteiger partial charge in [0.25, 0.3) is 0 Å². The van der Waals surface area contributed by atoms with Crippen LogP contribution in [0.4, 0.5) is 8.78 Å². The van der Waals surface area contributed by atoms with E-state index >= 15 is 8.78 Å². The molecular weight excluding hydrogens is 582 g/mol. The van der Waals surface area contributed by atoms with Gasteiger partial charge in [0.1, 0.15) is 16.9 Å². The van der Waals surface area contributed by atoms with Gasteiger partial charge in [0.05, 0.1) is 30.3 Å². The molecule has 3 heterocycles. The number of halogens is 2. The van der Waals surface area contributed by atoms with Crippen LogP contribution in [-0.4, -0.2) is 79.8 Å². The summed E-state index contributed by atoms with van der Waals surface area (Å²) in [7, 11) is 0. The van der Waals surface area contributed by atoms with Crippen molar-refractivity contribution >= 4 is 34.8 Å². The van der Waals surface area contributed by atoms with Crippen LogP contribution in [-0.2, 0) is 51.2 Å². The number of ether oxygens (including phenoxy) is 5. The predicted molar refractivity (Wildman–Crippen MR) is 137 cm³/mol. The standard InChI is InChI=1S/C26H26F2N4O11/c1-5-31-8-16(25(37)38)22(36)15-6-17(27)21(19(28)20(15)31)32-7-14(29-30-32)9-39-26-24(43-13(4)35)23(42-12(3)34)18(10-40-26)41-11(2)33/h6-8,18,23-24,26H,5,9-10H2,1-4H3,(H,37,38)/t18-,23+,24-,26+/m1/s1. The molecule has 1 aliphatic heterocycles. The number of hydrogen-bond donors (Lipinski definition) is 1. The van der Waals surface area contributed by atoms with E-state index in [4.69, 9.17) is 23.7 Å². The summed E-state index contributed by atoms with van der Waals surface area (Å²) in [6.45, 7) is 4.29. The number of benzene rings is 1. The van der Waals surface area contributed by atoms with Crippen LogP contribution >= 0.6 is 0 Å². The minimum absolute atomic E-state index is 0.0318. The average Bonchev–Trinajstić information content (AvgIpc) is 3.38. The highest BCUT2D eigenvalue weighted by atomic mass is 19.1. The van der Waals surface area contributed by atoms with Crippen LogP contribution in [0.2, 0.25) is 0 Å². The molecule has 0 amide bonds. The number of esters is 3. The van der Waals surface area contributed by atoms with Crippen molar-refractivity contribution < 1.29 is 56.7 Å². The Morgan fingerprint density at radius 3 is 2.30 bits per heavy atom. The number of rotatable bonds is 9. The smallest absolute Gasteiger partial charge is 0.341 e. The zero-order valence-corrected chi connectivity index (χ0v) is 23.2. The van der Waals surface area contributed by atoms with Crippen LogP contribution in [0.3, 0.4) is 0 Å². The summed E-state index contributed by atoms with van der Waals surface area (Å²) in [5.74, 6) is -6.17. The summed E-state index contributed by atoms with van der Waals surface area (Å²) in [6, 6.07) is 0.723. The molecule has 3 aromatic rings. The van der Waals surface area contributed by atoms with Crippen LogP contribution in [0, 0.1) is 11.6 Å². The number of aromatic nitrogens is 4. The highest BCUT2D eigenvalue weighted by Crippen LogP contribution is 2.28. The monoisotopic (exact) mass is 608 g/mol. The highest BCUT2D eigenvalue weighted by Gasteiger charge is 2.47. The Hall–Kier alpha value is -4.77. The van der Waals surface area contributed by atoms with E-state index in [2.05, 4.69) is 10.3 Å². The van der Waals surface area contributed by atoms with Gasteiger partial charge in [-0.05, 0) is 13.0 Å². The molecule has 43 heavy (non-hydrogen) atoms. The number of aryl methyl sites for hydroxylation is 1. The molecule has 1 N–H and O–H groups in total. The number of carboxylic acids is 1. The maximum absolute atomic E-state index is 15.7. The molecule has 0 unspecified atom stereocenters. The minimum Gasteiger partial charge on any atom is -0.477 e. The van der Waals surface area contributed by atoms with Crippen molar-refractivity contribution in [3.63, 3.8) is 0 Å². The summed E-state index contributed by atoms with van der Waals surface area (Å²) in [4.78, 5) is 59.1. The normalized spacial score (nSPS) is 20.0. The fourth-order valence-electron chi connectivity index (χ4n) is 4.58. The summed E-state index contributed by atoms with van der Waals surface area (Å²) in [5.41, 5.74) is -2.69. The first-order valence-electron chi connectivity index (χ1n) is 12.8. The van der Waals surface area contributed by atoms with E-state index in [-0.39, 0.29) is 24.4 Å². The third-order valence-electron chi connectivity index (χ3n) is 6.27. The Morgan fingerprint density at radius 2 is 1.70 bits per heavy atom. The predicted octanol–water partition coefficient (Wildman–Crippen LogP) is 1.25. The van der Waals surface area contributed by atoms with Crippen molar-refractivity contribution in [1.29, 1.82) is 0 Å². The third-order valence-corrected chi connectivity index (χ3v) is 6.27. The lowest BCUT2D eigenvalue weighted by molar-refractivity contribution is -0.283. The quantitative estimate of drug-likeness (QED) is 0.270. The molecule has 0 aliphatic carbocycles. The Balaban J connectivity index is 1.62. The first-order chi connectivity index (χ1) is 20.3. The molecule has 17 heteroatoms. The Bertz CT molecular complexity index is 1650. The molecule has 230 valence electrons. The van der Waals surface area contributed by atoms with Crippen molar-refractivity contribution in [3.8, 4) is 5.69 Å². The molecule has 2 aromatic heterocycles. The lowest BCUT2D eigenvalue weighted by atomic mass is 10.0. The average molecular weight is 609 g/mol. The molecule has 0 saturated carbocycles. The fourth-order valence-corrected chi connectivity index (χ4v) is 4.58. The lowest BCUT2D eigenvalue weighted by Gasteiger charge is -2.40. The topological polar surface area (TPSA) is 187 Å². The van der Waals surface area contributed by atoms with Crippen molar-refractivity contribution in [2.24, 2.45) is 0 Å². The van der Waals surface area contributed by atoms with Gasteiger partial charge in [-0.1, -0.05) is 5.21 Å². The second-order valence-electron chi connectivity index (χ2n) is 9.34. The Morgan fingerprint density at radius 1 is 1.05 bits per heavy atom. The molecule has 4 rings (SSSR count). The molecule has 0 bridgehead atoms. The molecule has 1 saturated heterocycles. The van der Waals surface area contributed by atoms with E-state index in [0.29, 0.717) is 0 Å². The summed E-state index contributed by atoms with van der Waals surface area (Å²) in [5, 5.41) is 16.4. The molecule has 1 aliphatic rings. The zero-order chi connectivity index (χ0) is 31.6. The fraction of sp³-hybridized carbons (Fsp3) is 0.423. The highest BCUT2D eigenvalue weighted by molar-refractivity contribution is 5.93. The number of carbonyl (C=O) groups is 4. The van der Waals surface area contributed by atoms with Gasteiger partial charge < -0.3 is 33.4 Å². The van der Waals surface area contributed by atoms with Gasteiger partial charge in [0.2, 0.25) is 5.43 Å². The van der Waals surface area contributed by atoms with Gasteiger partial charge in [0.15, 0.2) is 36.2 Å². The zero-order valence-electron chi connectivity index (χ0n) is 23.2. The Kier molecular flexibility index (Phi) is 9.15. The number of pyridine rings is 1. The van der Waals surface area contributed by atoms with Crippen molar-refractivity contribution in [2.75, 3.05) is 6.61 Å². The van der Waals surface area contributed by atoms with Gasteiger partial charge in [-0.25, -0.2) is 18.3 Å². The summed E-state index contributed by atoms with van der Waals surface area (Å²) >= 11 is 0. The summed E-state index contributed by atoms with van der Waals surface area (Å²) < 4.78 is 59.7. The van der Waals surface area contributed by atoms with Crippen LogP contribution in [0.15, 0.2) is 23.3 Å². The van der Waals surface area contributed by atoms with Gasteiger partial charge in [-0.3, -0.25) is 19.2 Å². The summed E-state index contributed by atoms with van der Waals surface area (Å²) in [6.07, 6.45) is -3.01. The van der Waals surface area contributed by atoms with Crippen LogP contribution in [0.25, 0.3) is 16.6 Å². The molecule has 0 spiro atoms. The van der Waals surface area contributed by atoms with Crippen molar-refractivity contribution in [1.82, 2.24) is 19.6 Å². The first-order valence-corrected chi connectivity index (χ1v) is 12.8. The van der Waals surface area contributed by atoms with Gasteiger partial charge in [-0.2, -0.15) is 0 Å². The first kappa shape index (κ1) is 31.2. The minimum atomic E-state index is -1.54. The van der Waals surface area contributed by atoms with Crippen LogP contribution < -0.4 is 5.43 Å².